The van der Waals surface area contributed by atoms with E-state index in [2.05, 4.69) is 5.16 Å². The van der Waals surface area contributed by atoms with Gasteiger partial charge in [0.2, 0.25) is 0 Å². The number of nitrogens with zero attached hydrogens (tertiary/aromatic N) is 2. The molecule has 0 bridgehead atoms. The number of benzene rings is 1. The van der Waals surface area contributed by atoms with E-state index in [9.17, 15) is 13.6 Å². The molecule has 1 aromatic carbocycles. The lowest BCUT2D eigenvalue weighted by Gasteiger charge is -2.35. The maximum atomic E-state index is 13.6. The second kappa shape index (κ2) is 8.94. The predicted octanol–water partition coefficient (Wildman–Crippen LogP) is 3.56. The van der Waals surface area contributed by atoms with Crippen LogP contribution in [0.1, 0.15) is 41.9 Å². The van der Waals surface area contributed by atoms with Gasteiger partial charge in [-0.25, -0.2) is 8.78 Å². The van der Waals surface area contributed by atoms with Gasteiger partial charge in [0.1, 0.15) is 12.4 Å². The monoisotopic (exact) mass is 380 g/mol. The van der Waals surface area contributed by atoms with E-state index in [0.29, 0.717) is 13.2 Å². The fourth-order valence-corrected chi connectivity index (χ4v) is 3.19. The standard InChI is InChI=1S/C19H22F2N2O4/c1-25-9-7-14-4-2-3-8-23(14)19(24)17-11-15(27-22-17)12-26-18-6-5-13(20)10-16(18)21/h5-6,10-11,14H,2-4,7-9,12H2,1H3/t14-/m0/s1. The van der Waals surface area contributed by atoms with Crippen molar-refractivity contribution in [2.75, 3.05) is 20.3 Å². The van der Waals surface area contributed by atoms with Crippen molar-refractivity contribution in [3.05, 3.63) is 47.4 Å². The fourth-order valence-electron chi connectivity index (χ4n) is 3.19. The molecule has 1 aliphatic heterocycles. The van der Waals surface area contributed by atoms with Crippen molar-refractivity contribution in [3.8, 4) is 5.75 Å². The van der Waals surface area contributed by atoms with Crippen molar-refractivity contribution in [3.63, 3.8) is 0 Å². The molecule has 27 heavy (non-hydrogen) atoms. The molecule has 3 rings (SSSR count). The van der Waals surface area contributed by atoms with E-state index in [0.717, 1.165) is 37.8 Å². The fraction of sp³-hybridized carbons (Fsp3) is 0.474. The number of likely N-dealkylation sites (tertiary alicyclic amines) is 1. The van der Waals surface area contributed by atoms with Crippen LogP contribution < -0.4 is 4.74 Å². The van der Waals surface area contributed by atoms with Crippen molar-refractivity contribution >= 4 is 5.91 Å². The predicted molar refractivity (Wildman–Crippen MR) is 92.4 cm³/mol. The normalized spacial score (nSPS) is 17.1. The van der Waals surface area contributed by atoms with Gasteiger partial charge in [0.25, 0.3) is 5.91 Å². The first-order valence-electron chi connectivity index (χ1n) is 8.92. The average molecular weight is 380 g/mol. The van der Waals surface area contributed by atoms with Gasteiger partial charge >= 0.3 is 0 Å². The lowest BCUT2D eigenvalue weighted by atomic mass is 9.99. The van der Waals surface area contributed by atoms with Gasteiger partial charge in [-0.2, -0.15) is 0 Å². The number of aromatic nitrogens is 1. The summed E-state index contributed by atoms with van der Waals surface area (Å²) in [5.41, 5.74) is 0.192. The molecule has 1 aromatic heterocycles. The number of hydrogen-bond acceptors (Lipinski definition) is 5. The van der Waals surface area contributed by atoms with E-state index in [1.165, 1.54) is 12.1 Å². The van der Waals surface area contributed by atoms with Crippen LogP contribution in [-0.4, -0.2) is 42.3 Å². The molecule has 0 N–H and O–H groups in total. The van der Waals surface area contributed by atoms with E-state index in [4.69, 9.17) is 14.0 Å². The van der Waals surface area contributed by atoms with E-state index in [1.54, 1.807) is 7.11 Å². The molecule has 1 amide bonds. The van der Waals surface area contributed by atoms with Crippen molar-refractivity contribution in [1.29, 1.82) is 0 Å². The van der Waals surface area contributed by atoms with E-state index >= 15 is 0 Å². The zero-order valence-electron chi connectivity index (χ0n) is 15.1. The van der Waals surface area contributed by atoms with Crippen LogP contribution in [0.5, 0.6) is 5.75 Å². The Balaban J connectivity index is 1.62. The van der Waals surface area contributed by atoms with Crippen LogP contribution in [0.25, 0.3) is 0 Å². The molecule has 0 saturated carbocycles. The van der Waals surface area contributed by atoms with Gasteiger partial charge in [-0.15, -0.1) is 0 Å². The summed E-state index contributed by atoms with van der Waals surface area (Å²) >= 11 is 0. The van der Waals surface area contributed by atoms with Gasteiger partial charge in [0.05, 0.1) is 0 Å². The lowest BCUT2D eigenvalue weighted by molar-refractivity contribution is 0.0543. The molecule has 0 radical (unpaired) electrons. The number of carbonyl (C=O) groups is 1. The molecule has 0 spiro atoms. The summed E-state index contributed by atoms with van der Waals surface area (Å²) in [6.45, 7) is 1.15. The van der Waals surface area contributed by atoms with Crippen LogP contribution in [0.2, 0.25) is 0 Å². The van der Waals surface area contributed by atoms with Crippen LogP contribution in [0.15, 0.2) is 28.8 Å². The minimum absolute atomic E-state index is 0.101. The number of rotatable bonds is 7. The maximum absolute atomic E-state index is 13.6. The third-order valence-corrected chi connectivity index (χ3v) is 4.59. The molecule has 0 aliphatic carbocycles. The van der Waals surface area contributed by atoms with Crippen LogP contribution in [0.3, 0.4) is 0 Å². The average Bonchev–Trinajstić information content (AvgIpc) is 3.14. The summed E-state index contributed by atoms with van der Waals surface area (Å²) in [4.78, 5) is 14.6. The number of halogens is 2. The molecule has 2 aromatic rings. The summed E-state index contributed by atoms with van der Waals surface area (Å²) in [6, 6.07) is 4.65. The van der Waals surface area contributed by atoms with Gasteiger partial charge in [-0.1, -0.05) is 5.16 Å². The SMILES string of the molecule is COCC[C@@H]1CCCCN1C(=O)c1cc(COc2ccc(F)cc2F)on1. The Bertz CT molecular complexity index is 781. The third-order valence-electron chi connectivity index (χ3n) is 4.59. The number of amides is 1. The first kappa shape index (κ1) is 19.3. The number of piperidine rings is 1. The summed E-state index contributed by atoms with van der Waals surface area (Å²) in [5, 5.41) is 3.82. The maximum Gasteiger partial charge on any atom is 0.276 e. The van der Waals surface area contributed by atoms with Crippen LogP contribution in [0, 0.1) is 11.6 Å². The first-order chi connectivity index (χ1) is 13.1. The topological polar surface area (TPSA) is 64.8 Å². The number of carbonyl (C=O) groups excluding carboxylic acids is 1. The molecular weight excluding hydrogens is 358 g/mol. The molecule has 0 unspecified atom stereocenters. The zero-order chi connectivity index (χ0) is 19.2. The Hall–Kier alpha value is -2.48. The molecule has 1 aliphatic rings. The van der Waals surface area contributed by atoms with Gasteiger partial charge in [0.15, 0.2) is 23.0 Å². The highest BCUT2D eigenvalue weighted by atomic mass is 19.1. The van der Waals surface area contributed by atoms with Crippen LogP contribution >= 0.6 is 0 Å². The summed E-state index contributed by atoms with van der Waals surface area (Å²) in [7, 11) is 1.64. The van der Waals surface area contributed by atoms with Crippen molar-refractivity contribution in [1.82, 2.24) is 10.1 Å². The number of methoxy groups -OCH3 is 1. The number of ether oxygens (including phenoxy) is 2. The minimum Gasteiger partial charge on any atom is -0.482 e. The molecular formula is C19H22F2N2O4. The molecule has 1 atom stereocenters. The van der Waals surface area contributed by atoms with Crippen molar-refractivity contribution in [2.45, 2.75) is 38.3 Å². The van der Waals surface area contributed by atoms with Crippen LogP contribution in [-0.2, 0) is 11.3 Å². The molecule has 1 fully saturated rings. The molecule has 6 nitrogen and oxygen atoms in total. The Morgan fingerprint density at radius 3 is 2.96 bits per heavy atom. The largest absolute Gasteiger partial charge is 0.482 e. The molecule has 1 saturated heterocycles. The quantitative estimate of drug-likeness (QED) is 0.735. The van der Waals surface area contributed by atoms with E-state index in [-0.39, 0.29) is 35.8 Å². The smallest absolute Gasteiger partial charge is 0.276 e. The van der Waals surface area contributed by atoms with E-state index in [1.807, 2.05) is 4.90 Å². The Morgan fingerprint density at radius 2 is 2.19 bits per heavy atom. The second-order valence-corrected chi connectivity index (χ2v) is 6.47. The lowest BCUT2D eigenvalue weighted by Crippen LogP contribution is -2.44. The highest BCUT2D eigenvalue weighted by molar-refractivity contribution is 5.92. The van der Waals surface area contributed by atoms with Crippen molar-refractivity contribution < 1.29 is 27.6 Å². The minimum atomic E-state index is -0.805. The van der Waals surface area contributed by atoms with Gasteiger partial charge in [-0.3, -0.25) is 4.79 Å². The molecule has 2 heterocycles. The summed E-state index contributed by atoms with van der Waals surface area (Å²) < 4.78 is 42.0. The van der Waals surface area contributed by atoms with Crippen molar-refractivity contribution in [2.24, 2.45) is 0 Å². The highest BCUT2D eigenvalue weighted by Crippen LogP contribution is 2.23. The van der Waals surface area contributed by atoms with E-state index < -0.39 is 11.6 Å². The third kappa shape index (κ3) is 4.82. The van der Waals surface area contributed by atoms with Gasteiger partial charge < -0.3 is 18.9 Å². The zero-order valence-corrected chi connectivity index (χ0v) is 15.1. The summed E-state index contributed by atoms with van der Waals surface area (Å²) in [5.74, 6) is -1.50. The molecule has 146 valence electrons. The second-order valence-electron chi connectivity index (χ2n) is 6.47. The highest BCUT2D eigenvalue weighted by Gasteiger charge is 2.29. The Kier molecular flexibility index (Phi) is 6.39. The summed E-state index contributed by atoms with van der Waals surface area (Å²) in [6.07, 6.45) is 3.75. The first-order valence-corrected chi connectivity index (χ1v) is 8.92. The Labute approximate surface area is 156 Å². The van der Waals surface area contributed by atoms with Gasteiger partial charge in [-0.05, 0) is 37.8 Å². The Morgan fingerprint density at radius 1 is 1.33 bits per heavy atom. The van der Waals surface area contributed by atoms with Gasteiger partial charge in [0, 0.05) is 38.4 Å². The molecule has 8 heteroatoms. The van der Waals surface area contributed by atoms with Crippen LogP contribution in [0.4, 0.5) is 8.78 Å². The number of hydrogen-bond donors (Lipinski definition) is 0.